The first-order chi connectivity index (χ1) is 16.0. The average molecular weight is 439 g/mol. The second-order valence-electron chi connectivity index (χ2n) is 8.02. The van der Waals surface area contributed by atoms with Crippen LogP contribution in [0.4, 0.5) is 11.4 Å². The molecule has 0 atom stereocenters. The summed E-state index contributed by atoms with van der Waals surface area (Å²) in [5.74, 6) is -1.76. The molecule has 4 amide bonds. The van der Waals surface area contributed by atoms with E-state index in [-0.39, 0.29) is 17.0 Å². The summed E-state index contributed by atoms with van der Waals surface area (Å²) in [4.78, 5) is 54.0. The number of nitrogens with one attached hydrogen (secondary N) is 1. The van der Waals surface area contributed by atoms with Gasteiger partial charge in [-0.25, -0.2) is 0 Å². The molecule has 7 nitrogen and oxygen atoms in total. The number of hydrogen-bond acceptors (Lipinski definition) is 4. The van der Waals surface area contributed by atoms with Crippen LogP contribution in [0.3, 0.4) is 0 Å². The van der Waals surface area contributed by atoms with E-state index in [0.717, 1.165) is 29.0 Å². The fourth-order valence-electron chi connectivity index (χ4n) is 4.38. The van der Waals surface area contributed by atoms with Gasteiger partial charge in [-0.2, -0.15) is 0 Å². The zero-order valence-electron chi connectivity index (χ0n) is 17.8. The van der Waals surface area contributed by atoms with Gasteiger partial charge in [0.15, 0.2) is 0 Å². The highest BCUT2D eigenvalue weighted by Gasteiger charge is 2.36. The maximum absolute atomic E-state index is 13.4. The van der Waals surface area contributed by atoms with Crippen LogP contribution in [-0.4, -0.2) is 41.6 Å². The standard InChI is InChI=1S/C26H21N3O4/c30-23(16-29-24(31)18-10-2-3-11-19(18)25(29)32)27-21-13-5-4-12-20(21)26(33)28-15-7-9-17-8-1-6-14-22(17)28/h1-6,8,10-14H,7,9,15-16H2,(H,27,30). The van der Waals surface area contributed by atoms with Gasteiger partial charge in [-0.3, -0.25) is 24.1 Å². The highest BCUT2D eigenvalue weighted by molar-refractivity contribution is 6.23. The van der Waals surface area contributed by atoms with Crippen molar-refractivity contribution in [3.05, 3.63) is 95.1 Å². The summed E-state index contributed by atoms with van der Waals surface area (Å²) in [7, 11) is 0. The fraction of sp³-hybridized carbons (Fsp3) is 0.154. The number of para-hydroxylation sites is 2. The smallest absolute Gasteiger partial charge is 0.262 e. The summed E-state index contributed by atoms with van der Waals surface area (Å²) in [5, 5.41) is 2.72. The summed E-state index contributed by atoms with van der Waals surface area (Å²) < 4.78 is 0. The lowest BCUT2D eigenvalue weighted by Crippen LogP contribution is -2.38. The van der Waals surface area contributed by atoms with Crippen molar-refractivity contribution in [2.75, 3.05) is 23.3 Å². The van der Waals surface area contributed by atoms with E-state index < -0.39 is 24.3 Å². The van der Waals surface area contributed by atoms with E-state index in [4.69, 9.17) is 0 Å². The van der Waals surface area contributed by atoms with Crippen molar-refractivity contribution in [3.63, 3.8) is 0 Å². The minimum Gasteiger partial charge on any atom is -0.324 e. The molecule has 2 aliphatic heterocycles. The lowest BCUT2D eigenvalue weighted by molar-refractivity contribution is -0.116. The molecule has 33 heavy (non-hydrogen) atoms. The van der Waals surface area contributed by atoms with Crippen LogP contribution in [-0.2, 0) is 11.2 Å². The van der Waals surface area contributed by atoms with Crippen LogP contribution in [0.25, 0.3) is 0 Å². The van der Waals surface area contributed by atoms with E-state index in [1.807, 2.05) is 24.3 Å². The number of carbonyl (C=O) groups excluding carboxylic acids is 4. The third kappa shape index (κ3) is 3.67. The van der Waals surface area contributed by atoms with Gasteiger partial charge in [0.25, 0.3) is 17.7 Å². The first kappa shape index (κ1) is 20.6. The molecule has 1 N–H and O–H groups in total. The second-order valence-corrected chi connectivity index (χ2v) is 8.02. The number of amides is 4. The molecule has 5 rings (SSSR count). The van der Waals surface area contributed by atoms with Crippen LogP contribution in [0.1, 0.15) is 43.1 Å². The maximum atomic E-state index is 13.4. The Morgan fingerprint density at radius 1 is 0.818 bits per heavy atom. The van der Waals surface area contributed by atoms with Crippen molar-refractivity contribution in [1.82, 2.24) is 4.90 Å². The zero-order valence-corrected chi connectivity index (χ0v) is 17.8. The number of fused-ring (bicyclic) bond motifs is 2. The van der Waals surface area contributed by atoms with Crippen LogP contribution in [0.2, 0.25) is 0 Å². The van der Waals surface area contributed by atoms with Crippen molar-refractivity contribution in [2.24, 2.45) is 0 Å². The monoisotopic (exact) mass is 439 g/mol. The molecule has 164 valence electrons. The van der Waals surface area contributed by atoms with Crippen LogP contribution < -0.4 is 10.2 Å². The Kier molecular flexibility index (Phi) is 5.22. The normalized spacial score (nSPS) is 14.7. The summed E-state index contributed by atoms with van der Waals surface area (Å²) in [6.07, 6.45) is 1.77. The molecular weight excluding hydrogens is 418 g/mol. The zero-order chi connectivity index (χ0) is 22.9. The number of rotatable bonds is 4. The average Bonchev–Trinajstić information content (AvgIpc) is 3.08. The number of nitrogens with zero attached hydrogens (tertiary/aromatic N) is 2. The number of imide groups is 1. The predicted molar refractivity (Wildman–Crippen MR) is 123 cm³/mol. The number of benzene rings is 3. The molecule has 3 aromatic rings. The van der Waals surface area contributed by atoms with Crippen molar-refractivity contribution >= 4 is 35.0 Å². The lowest BCUT2D eigenvalue weighted by Gasteiger charge is -2.30. The van der Waals surface area contributed by atoms with Gasteiger partial charge in [0.1, 0.15) is 6.54 Å². The van der Waals surface area contributed by atoms with Crippen LogP contribution in [0, 0.1) is 0 Å². The van der Waals surface area contributed by atoms with E-state index in [2.05, 4.69) is 5.32 Å². The van der Waals surface area contributed by atoms with Crippen molar-refractivity contribution in [3.8, 4) is 0 Å². The van der Waals surface area contributed by atoms with Gasteiger partial charge in [-0.05, 0) is 48.7 Å². The van der Waals surface area contributed by atoms with Crippen molar-refractivity contribution in [2.45, 2.75) is 12.8 Å². The minimum absolute atomic E-state index is 0.209. The molecule has 0 radical (unpaired) electrons. The molecular formula is C26H21N3O4. The van der Waals surface area contributed by atoms with E-state index in [0.29, 0.717) is 17.8 Å². The van der Waals surface area contributed by atoms with Crippen LogP contribution in [0.5, 0.6) is 0 Å². The molecule has 7 heteroatoms. The first-order valence-corrected chi connectivity index (χ1v) is 10.8. The second kappa shape index (κ2) is 8.35. The minimum atomic E-state index is -0.552. The highest BCUT2D eigenvalue weighted by Crippen LogP contribution is 2.30. The molecule has 0 aliphatic carbocycles. The molecule has 2 heterocycles. The Hall–Kier alpha value is -4.26. The summed E-state index contributed by atoms with van der Waals surface area (Å²) >= 11 is 0. The maximum Gasteiger partial charge on any atom is 0.262 e. The largest absolute Gasteiger partial charge is 0.324 e. The van der Waals surface area contributed by atoms with E-state index >= 15 is 0 Å². The summed E-state index contributed by atoms with van der Waals surface area (Å²) in [6, 6.07) is 21.1. The number of carbonyl (C=O) groups is 4. The molecule has 0 fully saturated rings. The van der Waals surface area contributed by atoms with Gasteiger partial charge in [0, 0.05) is 12.2 Å². The topological polar surface area (TPSA) is 86.8 Å². The van der Waals surface area contributed by atoms with E-state index in [1.54, 1.807) is 53.4 Å². The lowest BCUT2D eigenvalue weighted by atomic mass is 10.0. The Morgan fingerprint density at radius 3 is 2.21 bits per heavy atom. The highest BCUT2D eigenvalue weighted by atomic mass is 16.2. The van der Waals surface area contributed by atoms with Crippen molar-refractivity contribution in [1.29, 1.82) is 0 Å². The molecule has 0 saturated heterocycles. The molecule has 0 bridgehead atoms. The fourth-order valence-corrected chi connectivity index (χ4v) is 4.38. The van der Waals surface area contributed by atoms with Gasteiger partial charge >= 0.3 is 0 Å². The number of hydrogen-bond donors (Lipinski definition) is 1. The molecule has 0 saturated carbocycles. The van der Waals surface area contributed by atoms with Crippen LogP contribution in [0.15, 0.2) is 72.8 Å². The molecule has 0 spiro atoms. The quantitative estimate of drug-likeness (QED) is 0.631. The number of aryl methyl sites for hydroxylation is 1. The van der Waals surface area contributed by atoms with Crippen LogP contribution >= 0.6 is 0 Å². The SMILES string of the molecule is O=C(CN1C(=O)c2ccccc2C1=O)Nc1ccccc1C(=O)N1CCCc2ccccc21. The Labute approximate surface area is 190 Å². The molecule has 2 aliphatic rings. The Morgan fingerprint density at radius 2 is 1.45 bits per heavy atom. The van der Waals surface area contributed by atoms with E-state index in [9.17, 15) is 19.2 Å². The predicted octanol–water partition coefficient (Wildman–Crippen LogP) is 3.51. The third-order valence-electron chi connectivity index (χ3n) is 5.97. The third-order valence-corrected chi connectivity index (χ3v) is 5.97. The van der Waals surface area contributed by atoms with Crippen molar-refractivity contribution < 1.29 is 19.2 Å². The molecule has 0 unspecified atom stereocenters. The summed E-state index contributed by atoms with van der Waals surface area (Å²) in [6.45, 7) is 0.161. The van der Waals surface area contributed by atoms with Gasteiger partial charge in [0.2, 0.25) is 5.91 Å². The van der Waals surface area contributed by atoms with Gasteiger partial charge in [-0.1, -0.05) is 42.5 Å². The molecule has 3 aromatic carbocycles. The number of anilines is 2. The van der Waals surface area contributed by atoms with Gasteiger partial charge in [-0.15, -0.1) is 0 Å². The Bertz CT molecular complexity index is 1260. The van der Waals surface area contributed by atoms with Gasteiger partial charge in [0.05, 0.1) is 22.4 Å². The van der Waals surface area contributed by atoms with Gasteiger partial charge < -0.3 is 10.2 Å². The summed E-state index contributed by atoms with van der Waals surface area (Å²) in [5.41, 5.74) is 3.26. The van der Waals surface area contributed by atoms with E-state index in [1.165, 1.54) is 0 Å². The Balaban J connectivity index is 1.35. The first-order valence-electron chi connectivity index (χ1n) is 10.8. The molecule has 0 aromatic heterocycles.